The summed E-state index contributed by atoms with van der Waals surface area (Å²) in [5.41, 5.74) is 1.56. The van der Waals surface area contributed by atoms with E-state index in [0.29, 0.717) is 34.3 Å². The number of carbonyl (C=O) groups is 2. The maximum absolute atomic E-state index is 13.3. The molecule has 0 fully saturated rings. The number of carbonyl (C=O) groups excluding carboxylic acids is 2. The van der Waals surface area contributed by atoms with E-state index in [0.717, 1.165) is 4.90 Å². The quantitative estimate of drug-likeness (QED) is 0.541. The summed E-state index contributed by atoms with van der Waals surface area (Å²) in [4.78, 5) is 27.8. The highest BCUT2D eigenvalue weighted by Gasteiger charge is 2.39. The summed E-state index contributed by atoms with van der Waals surface area (Å²) in [6.45, 7) is 0.0292. The van der Waals surface area contributed by atoms with Crippen LogP contribution < -0.4 is 19.5 Å². The maximum Gasteiger partial charge on any atom is 0.278 e. The minimum Gasteiger partial charge on any atom is -0.493 e. The van der Waals surface area contributed by atoms with E-state index in [1.54, 1.807) is 36.4 Å². The maximum atomic E-state index is 13.3. The van der Waals surface area contributed by atoms with Crippen LogP contribution in [0.25, 0.3) is 5.57 Å². The Balaban J connectivity index is 1.77. The van der Waals surface area contributed by atoms with Crippen molar-refractivity contribution in [3.63, 3.8) is 0 Å². The SMILES string of the molecule is COc1cc(NC2=C(c3ccccc3)C(=O)N(Cc3ccco3)C2=O)cc(OC)c1OC. The van der Waals surface area contributed by atoms with E-state index in [2.05, 4.69) is 5.32 Å². The fourth-order valence-electron chi connectivity index (χ4n) is 3.56. The second-order valence-electron chi connectivity index (χ2n) is 6.93. The number of amides is 2. The molecule has 8 heteroatoms. The van der Waals surface area contributed by atoms with Crippen molar-refractivity contribution in [3.8, 4) is 17.2 Å². The molecule has 0 aliphatic carbocycles. The summed E-state index contributed by atoms with van der Waals surface area (Å²) in [7, 11) is 4.52. The van der Waals surface area contributed by atoms with Crippen molar-refractivity contribution in [2.45, 2.75) is 6.54 Å². The van der Waals surface area contributed by atoms with Crippen LogP contribution in [0.15, 0.2) is 71.0 Å². The zero-order chi connectivity index (χ0) is 22.7. The average Bonchev–Trinajstić information content (AvgIpc) is 3.41. The Morgan fingerprint density at radius 2 is 1.56 bits per heavy atom. The van der Waals surface area contributed by atoms with Crippen LogP contribution in [0.3, 0.4) is 0 Å². The van der Waals surface area contributed by atoms with E-state index in [4.69, 9.17) is 18.6 Å². The second-order valence-corrected chi connectivity index (χ2v) is 6.93. The average molecular weight is 434 g/mol. The molecule has 0 saturated heterocycles. The number of methoxy groups -OCH3 is 3. The Morgan fingerprint density at radius 1 is 0.875 bits per heavy atom. The molecule has 2 amide bonds. The summed E-state index contributed by atoms with van der Waals surface area (Å²) < 4.78 is 21.5. The summed E-state index contributed by atoms with van der Waals surface area (Å²) in [6, 6.07) is 15.8. The normalized spacial score (nSPS) is 13.5. The van der Waals surface area contributed by atoms with Gasteiger partial charge in [0, 0.05) is 17.8 Å². The van der Waals surface area contributed by atoms with Gasteiger partial charge in [-0.25, -0.2) is 0 Å². The van der Waals surface area contributed by atoms with Crippen molar-refractivity contribution < 1.29 is 28.2 Å². The van der Waals surface area contributed by atoms with Crippen molar-refractivity contribution in [2.24, 2.45) is 0 Å². The van der Waals surface area contributed by atoms with Gasteiger partial charge in [0.1, 0.15) is 11.5 Å². The third kappa shape index (κ3) is 3.78. The third-order valence-electron chi connectivity index (χ3n) is 5.06. The van der Waals surface area contributed by atoms with Crippen LogP contribution in [0.5, 0.6) is 17.2 Å². The van der Waals surface area contributed by atoms with E-state index in [-0.39, 0.29) is 17.8 Å². The molecule has 3 aromatic rings. The molecule has 1 N–H and O–H groups in total. The Morgan fingerprint density at radius 3 is 2.12 bits per heavy atom. The summed E-state index contributed by atoms with van der Waals surface area (Å²) >= 11 is 0. The molecule has 1 aromatic heterocycles. The Kier molecular flexibility index (Phi) is 5.85. The fraction of sp³-hybridized carbons (Fsp3) is 0.167. The predicted octanol–water partition coefficient (Wildman–Crippen LogP) is 3.70. The molecule has 164 valence electrons. The molecule has 2 aromatic carbocycles. The van der Waals surface area contributed by atoms with Crippen molar-refractivity contribution in [2.75, 3.05) is 26.6 Å². The number of hydrogen-bond acceptors (Lipinski definition) is 7. The first-order chi connectivity index (χ1) is 15.6. The number of nitrogens with one attached hydrogen (secondary N) is 1. The zero-order valence-electron chi connectivity index (χ0n) is 17.9. The summed E-state index contributed by atoms with van der Waals surface area (Å²) in [5.74, 6) is 0.895. The van der Waals surface area contributed by atoms with Crippen molar-refractivity contribution in [1.29, 1.82) is 0 Å². The predicted molar refractivity (Wildman–Crippen MR) is 117 cm³/mol. The first-order valence-corrected chi connectivity index (χ1v) is 9.82. The lowest BCUT2D eigenvalue weighted by Gasteiger charge is -2.16. The first kappa shape index (κ1) is 21.0. The molecule has 0 spiro atoms. The highest BCUT2D eigenvalue weighted by molar-refractivity contribution is 6.36. The van der Waals surface area contributed by atoms with Crippen LogP contribution in [0, 0.1) is 0 Å². The van der Waals surface area contributed by atoms with Gasteiger partial charge >= 0.3 is 0 Å². The number of nitrogens with zero attached hydrogens (tertiary/aromatic N) is 1. The van der Waals surface area contributed by atoms with E-state index in [1.807, 2.05) is 18.2 Å². The van der Waals surface area contributed by atoms with Crippen molar-refractivity contribution in [3.05, 3.63) is 77.9 Å². The molecule has 0 unspecified atom stereocenters. The monoisotopic (exact) mass is 434 g/mol. The van der Waals surface area contributed by atoms with Gasteiger partial charge in [-0.15, -0.1) is 0 Å². The van der Waals surface area contributed by atoms with Crippen LogP contribution in [-0.2, 0) is 16.1 Å². The number of rotatable bonds is 8. The number of ether oxygens (including phenoxy) is 3. The van der Waals surface area contributed by atoms with Crippen molar-refractivity contribution >= 4 is 23.1 Å². The Bertz CT molecular complexity index is 1140. The number of hydrogen-bond donors (Lipinski definition) is 1. The molecule has 32 heavy (non-hydrogen) atoms. The first-order valence-electron chi connectivity index (χ1n) is 9.82. The van der Waals surface area contributed by atoms with Gasteiger partial charge in [-0.05, 0) is 17.7 Å². The minimum absolute atomic E-state index is 0.0292. The van der Waals surface area contributed by atoms with Gasteiger partial charge in [0.15, 0.2) is 11.5 Å². The molecular weight excluding hydrogens is 412 g/mol. The number of benzene rings is 2. The molecule has 1 aliphatic rings. The van der Waals surface area contributed by atoms with E-state index < -0.39 is 11.8 Å². The molecule has 0 saturated carbocycles. The van der Waals surface area contributed by atoms with E-state index in [9.17, 15) is 9.59 Å². The lowest BCUT2D eigenvalue weighted by molar-refractivity contribution is -0.137. The molecule has 0 bridgehead atoms. The molecule has 0 radical (unpaired) electrons. The zero-order valence-corrected chi connectivity index (χ0v) is 17.9. The standard InChI is InChI=1S/C24H22N2O6/c1-29-18-12-16(13-19(30-2)22(18)31-3)25-21-20(15-8-5-4-6-9-15)23(27)26(24(21)28)14-17-10-7-11-32-17/h4-13,25H,14H2,1-3H3. The molecule has 2 heterocycles. The molecule has 1 aliphatic heterocycles. The topological polar surface area (TPSA) is 90.2 Å². The lowest BCUT2D eigenvalue weighted by Crippen LogP contribution is -2.31. The number of anilines is 1. The largest absolute Gasteiger partial charge is 0.493 e. The smallest absolute Gasteiger partial charge is 0.278 e. The highest BCUT2D eigenvalue weighted by Crippen LogP contribution is 2.41. The Hall–Kier alpha value is -4.20. The van der Waals surface area contributed by atoms with Gasteiger partial charge in [-0.2, -0.15) is 0 Å². The van der Waals surface area contributed by atoms with Gasteiger partial charge in [0.25, 0.3) is 11.8 Å². The van der Waals surface area contributed by atoms with Gasteiger partial charge in [-0.1, -0.05) is 30.3 Å². The van der Waals surface area contributed by atoms with Crippen LogP contribution in [0.2, 0.25) is 0 Å². The molecule has 8 nitrogen and oxygen atoms in total. The van der Waals surface area contributed by atoms with Gasteiger partial charge in [0.2, 0.25) is 5.75 Å². The van der Waals surface area contributed by atoms with Crippen LogP contribution in [0.1, 0.15) is 11.3 Å². The summed E-state index contributed by atoms with van der Waals surface area (Å²) in [6.07, 6.45) is 1.50. The van der Waals surface area contributed by atoms with Crippen LogP contribution in [0.4, 0.5) is 5.69 Å². The molecule has 4 rings (SSSR count). The fourth-order valence-corrected chi connectivity index (χ4v) is 3.56. The molecule has 0 atom stereocenters. The van der Waals surface area contributed by atoms with Gasteiger partial charge in [0.05, 0.1) is 39.7 Å². The Labute approximate surface area is 185 Å². The second kappa shape index (κ2) is 8.89. The van der Waals surface area contributed by atoms with Gasteiger partial charge in [-0.3, -0.25) is 14.5 Å². The minimum atomic E-state index is -0.459. The molecular formula is C24H22N2O6. The van der Waals surface area contributed by atoms with E-state index in [1.165, 1.54) is 27.6 Å². The third-order valence-corrected chi connectivity index (χ3v) is 5.06. The summed E-state index contributed by atoms with van der Waals surface area (Å²) in [5, 5.41) is 3.10. The van der Waals surface area contributed by atoms with Crippen LogP contribution >= 0.6 is 0 Å². The van der Waals surface area contributed by atoms with Gasteiger partial charge < -0.3 is 23.9 Å². The van der Waals surface area contributed by atoms with E-state index >= 15 is 0 Å². The number of imide groups is 1. The highest BCUT2D eigenvalue weighted by atomic mass is 16.5. The number of furan rings is 1. The van der Waals surface area contributed by atoms with Crippen LogP contribution in [-0.4, -0.2) is 38.0 Å². The van der Waals surface area contributed by atoms with Crippen molar-refractivity contribution in [1.82, 2.24) is 4.90 Å². The lowest BCUT2D eigenvalue weighted by atomic mass is 10.0.